The molecule has 1 aliphatic heterocycles. The van der Waals surface area contributed by atoms with Crippen LogP contribution in [0.15, 0.2) is 54.6 Å². The van der Waals surface area contributed by atoms with E-state index in [1.165, 1.54) is 0 Å². The van der Waals surface area contributed by atoms with Crippen LogP contribution in [0.25, 0.3) is 11.3 Å². The van der Waals surface area contributed by atoms with E-state index in [1.807, 2.05) is 63.4 Å². The number of aromatic nitrogens is 2. The molecule has 4 rings (SSSR count). The normalized spacial score (nSPS) is 16.5. The molecule has 200 valence electrons. The SMILES string of the molecule is COc1cccc(Oc2c(CN(C[C@@H](O)COC(C)C)C[C@@H]3CCCO3)c(-c3ccccc3)nn2C)c1. The number of nitrogens with zero attached hydrogens (tertiary/aromatic N) is 3. The maximum Gasteiger partial charge on any atom is 0.222 e. The highest BCUT2D eigenvalue weighted by Gasteiger charge is 2.26. The van der Waals surface area contributed by atoms with E-state index in [1.54, 1.807) is 11.8 Å². The highest BCUT2D eigenvalue weighted by molar-refractivity contribution is 5.65. The number of aliphatic hydroxyl groups excluding tert-OH is 1. The van der Waals surface area contributed by atoms with Crippen molar-refractivity contribution in [1.29, 1.82) is 0 Å². The molecule has 1 saturated heterocycles. The van der Waals surface area contributed by atoms with Gasteiger partial charge in [0.05, 0.1) is 37.6 Å². The lowest BCUT2D eigenvalue weighted by molar-refractivity contribution is -0.0172. The molecule has 0 amide bonds. The van der Waals surface area contributed by atoms with Crippen LogP contribution in [0.4, 0.5) is 0 Å². The summed E-state index contributed by atoms with van der Waals surface area (Å²) in [5, 5.41) is 15.7. The summed E-state index contributed by atoms with van der Waals surface area (Å²) in [4.78, 5) is 2.23. The van der Waals surface area contributed by atoms with Crippen molar-refractivity contribution in [2.24, 2.45) is 7.05 Å². The third-order valence-corrected chi connectivity index (χ3v) is 6.35. The number of hydrogen-bond donors (Lipinski definition) is 1. The number of methoxy groups -OCH3 is 1. The van der Waals surface area contributed by atoms with Gasteiger partial charge in [0.15, 0.2) is 0 Å². The highest BCUT2D eigenvalue weighted by Crippen LogP contribution is 2.35. The van der Waals surface area contributed by atoms with Gasteiger partial charge in [0.25, 0.3) is 0 Å². The molecule has 1 aromatic heterocycles. The van der Waals surface area contributed by atoms with Gasteiger partial charge in [-0.2, -0.15) is 5.10 Å². The van der Waals surface area contributed by atoms with E-state index in [4.69, 9.17) is 24.0 Å². The predicted octanol–water partition coefficient (Wildman–Crippen LogP) is 4.65. The van der Waals surface area contributed by atoms with E-state index in [-0.39, 0.29) is 18.8 Å². The Morgan fingerprint density at radius 3 is 2.62 bits per heavy atom. The van der Waals surface area contributed by atoms with Crippen molar-refractivity contribution in [3.8, 4) is 28.6 Å². The monoisotopic (exact) mass is 509 g/mol. The fourth-order valence-electron chi connectivity index (χ4n) is 4.58. The average Bonchev–Trinajstić information content (AvgIpc) is 3.52. The average molecular weight is 510 g/mol. The Labute approximate surface area is 219 Å². The van der Waals surface area contributed by atoms with E-state index >= 15 is 0 Å². The van der Waals surface area contributed by atoms with E-state index in [9.17, 15) is 5.11 Å². The quantitative estimate of drug-likeness (QED) is 0.359. The molecule has 0 bridgehead atoms. The van der Waals surface area contributed by atoms with E-state index < -0.39 is 6.10 Å². The molecule has 8 heteroatoms. The van der Waals surface area contributed by atoms with E-state index in [0.717, 1.165) is 42.0 Å². The maximum atomic E-state index is 10.8. The zero-order chi connectivity index (χ0) is 26.2. The number of ether oxygens (including phenoxy) is 4. The van der Waals surface area contributed by atoms with Crippen LogP contribution in [0.1, 0.15) is 32.3 Å². The molecule has 3 aromatic rings. The van der Waals surface area contributed by atoms with Gasteiger partial charge in [-0.15, -0.1) is 0 Å². The van der Waals surface area contributed by atoms with Gasteiger partial charge in [-0.05, 0) is 38.8 Å². The summed E-state index contributed by atoms with van der Waals surface area (Å²) in [5.41, 5.74) is 2.81. The van der Waals surface area contributed by atoms with E-state index in [2.05, 4.69) is 17.0 Å². The molecule has 1 fully saturated rings. The maximum absolute atomic E-state index is 10.8. The molecular formula is C29H39N3O5. The molecule has 0 aliphatic carbocycles. The van der Waals surface area contributed by atoms with Crippen molar-refractivity contribution in [1.82, 2.24) is 14.7 Å². The molecule has 0 radical (unpaired) electrons. The first kappa shape index (κ1) is 27.1. The minimum Gasteiger partial charge on any atom is -0.497 e. The lowest BCUT2D eigenvalue weighted by atomic mass is 10.1. The molecule has 1 aliphatic rings. The smallest absolute Gasteiger partial charge is 0.222 e. The van der Waals surface area contributed by atoms with Crippen molar-refractivity contribution in [3.05, 3.63) is 60.2 Å². The van der Waals surface area contributed by atoms with E-state index in [0.29, 0.717) is 31.3 Å². The molecule has 2 atom stereocenters. The summed E-state index contributed by atoms with van der Waals surface area (Å²) >= 11 is 0. The Hall–Kier alpha value is -2.91. The second kappa shape index (κ2) is 13.1. The Bertz CT molecular complexity index is 1110. The number of aryl methyl sites for hydroxylation is 1. The first-order valence-electron chi connectivity index (χ1n) is 13.0. The van der Waals surface area contributed by atoms with Gasteiger partial charge in [-0.1, -0.05) is 36.4 Å². The van der Waals surface area contributed by atoms with Crippen LogP contribution in [0.5, 0.6) is 17.4 Å². The van der Waals surface area contributed by atoms with Gasteiger partial charge < -0.3 is 24.1 Å². The van der Waals surface area contributed by atoms with Crippen LogP contribution in [-0.4, -0.2) is 71.5 Å². The Morgan fingerprint density at radius 2 is 1.92 bits per heavy atom. The number of benzene rings is 2. The van der Waals surface area contributed by atoms with Crippen LogP contribution >= 0.6 is 0 Å². The zero-order valence-corrected chi connectivity index (χ0v) is 22.3. The fourth-order valence-corrected chi connectivity index (χ4v) is 4.58. The molecule has 8 nitrogen and oxygen atoms in total. The molecule has 1 N–H and O–H groups in total. The van der Waals surface area contributed by atoms with Gasteiger partial charge in [0.1, 0.15) is 17.2 Å². The van der Waals surface area contributed by atoms with Crippen molar-refractivity contribution in [2.75, 3.05) is 33.4 Å². The second-order valence-electron chi connectivity index (χ2n) is 9.77. The topological polar surface area (TPSA) is 78.2 Å². The van der Waals surface area contributed by atoms with Crippen molar-refractivity contribution in [2.45, 2.75) is 51.5 Å². The van der Waals surface area contributed by atoms with Crippen LogP contribution in [0.3, 0.4) is 0 Å². The van der Waals surface area contributed by atoms with Crippen molar-refractivity contribution >= 4 is 0 Å². The van der Waals surface area contributed by atoms with Crippen LogP contribution in [0, 0.1) is 0 Å². The number of aliphatic hydroxyl groups is 1. The first-order chi connectivity index (χ1) is 17.9. The minimum absolute atomic E-state index is 0.0622. The summed E-state index contributed by atoms with van der Waals surface area (Å²) in [7, 11) is 3.53. The Balaban J connectivity index is 1.66. The van der Waals surface area contributed by atoms with Gasteiger partial charge in [0, 0.05) is 44.9 Å². The third-order valence-electron chi connectivity index (χ3n) is 6.35. The van der Waals surface area contributed by atoms with Crippen molar-refractivity contribution < 1.29 is 24.1 Å². The molecule has 2 heterocycles. The Kier molecular flexibility index (Phi) is 9.57. The van der Waals surface area contributed by atoms with Crippen LogP contribution < -0.4 is 9.47 Å². The summed E-state index contributed by atoms with van der Waals surface area (Å²) in [5.74, 6) is 2.04. The van der Waals surface area contributed by atoms with Crippen LogP contribution in [-0.2, 0) is 23.1 Å². The molecule has 37 heavy (non-hydrogen) atoms. The van der Waals surface area contributed by atoms with Crippen molar-refractivity contribution in [3.63, 3.8) is 0 Å². The largest absolute Gasteiger partial charge is 0.497 e. The molecule has 2 aromatic carbocycles. The summed E-state index contributed by atoms with van der Waals surface area (Å²) in [6, 6.07) is 17.7. The second-order valence-corrected chi connectivity index (χ2v) is 9.77. The molecular weight excluding hydrogens is 470 g/mol. The standard InChI is InChI=1S/C29H39N3O5/c1-21(2)36-20-23(33)17-32(18-26-14-9-15-35-26)19-27-28(22-10-6-5-7-11-22)30-31(3)29(27)37-25-13-8-12-24(16-25)34-4/h5-8,10-13,16,21,23,26,33H,9,14-15,17-20H2,1-4H3/t23-,26+/m1/s1. The number of rotatable bonds is 13. The Morgan fingerprint density at radius 1 is 1.14 bits per heavy atom. The number of hydrogen-bond acceptors (Lipinski definition) is 7. The first-order valence-corrected chi connectivity index (χ1v) is 13.0. The highest BCUT2D eigenvalue weighted by atomic mass is 16.5. The van der Waals surface area contributed by atoms with Gasteiger partial charge in [0.2, 0.25) is 5.88 Å². The fraction of sp³-hybridized carbons (Fsp3) is 0.483. The van der Waals surface area contributed by atoms with Gasteiger partial charge >= 0.3 is 0 Å². The lowest BCUT2D eigenvalue weighted by Gasteiger charge is -2.28. The van der Waals surface area contributed by atoms with Gasteiger partial charge in [-0.3, -0.25) is 4.90 Å². The molecule has 0 spiro atoms. The third kappa shape index (κ3) is 7.55. The van der Waals surface area contributed by atoms with Gasteiger partial charge in [-0.25, -0.2) is 4.68 Å². The lowest BCUT2D eigenvalue weighted by Crippen LogP contribution is -2.39. The predicted molar refractivity (Wildman–Crippen MR) is 143 cm³/mol. The zero-order valence-electron chi connectivity index (χ0n) is 22.3. The summed E-state index contributed by atoms with van der Waals surface area (Å²) in [6.07, 6.45) is 1.65. The summed E-state index contributed by atoms with van der Waals surface area (Å²) < 4.78 is 25.2. The van der Waals surface area contributed by atoms with Crippen LogP contribution in [0.2, 0.25) is 0 Å². The summed E-state index contributed by atoms with van der Waals surface area (Å²) in [6.45, 7) is 6.71. The minimum atomic E-state index is -0.622. The molecule has 0 unspecified atom stereocenters. The molecule has 0 saturated carbocycles.